The molecule has 0 amide bonds. The number of nitrogens with one attached hydrogen (secondary N) is 1. The van der Waals surface area contributed by atoms with Gasteiger partial charge < -0.3 is 19.5 Å². The number of imidazole rings is 1. The zero-order chi connectivity index (χ0) is 20.3. The average molecular weight is 407 g/mol. The van der Waals surface area contributed by atoms with E-state index >= 15 is 0 Å². The first-order valence-electron chi connectivity index (χ1n) is 10.7. The van der Waals surface area contributed by atoms with Crippen LogP contribution in [-0.2, 0) is 24.2 Å². The number of benzene rings is 2. The summed E-state index contributed by atoms with van der Waals surface area (Å²) in [4.78, 5) is 6.87. The third-order valence-corrected chi connectivity index (χ3v) is 6.02. The first-order valence-corrected chi connectivity index (χ1v) is 10.7. The van der Waals surface area contributed by atoms with Gasteiger partial charge in [0.2, 0.25) is 0 Å². The third kappa shape index (κ3) is 4.11. The molecule has 30 heavy (non-hydrogen) atoms. The lowest BCUT2D eigenvalue weighted by Crippen LogP contribution is -2.37. The van der Waals surface area contributed by atoms with Crippen molar-refractivity contribution in [2.75, 3.05) is 31.2 Å². The van der Waals surface area contributed by atoms with Gasteiger partial charge >= 0.3 is 0 Å². The Bertz CT molecular complexity index is 998. The van der Waals surface area contributed by atoms with Gasteiger partial charge in [0.15, 0.2) is 0 Å². The summed E-state index contributed by atoms with van der Waals surface area (Å²) in [6.45, 7) is 4.37. The maximum atomic E-state index is 14.6. The molecule has 1 N–H and O–H groups in total. The number of aryl methyl sites for hydroxylation is 1. The van der Waals surface area contributed by atoms with Gasteiger partial charge in [0.05, 0.1) is 24.6 Å². The second kappa shape index (κ2) is 8.58. The number of hydrogen-bond donors (Lipinski definition) is 1. The first-order chi connectivity index (χ1) is 14.8. The molecule has 0 radical (unpaired) electrons. The molecule has 6 heteroatoms. The van der Waals surface area contributed by atoms with Gasteiger partial charge in [-0.15, -0.1) is 0 Å². The van der Waals surface area contributed by atoms with Crippen molar-refractivity contribution in [1.82, 2.24) is 14.9 Å². The number of ether oxygens (including phenoxy) is 1. The molecule has 0 spiro atoms. The lowest BCUT2D eigenvalue weighted by Gasteiger charge is -2.29. The summed E-state index contributed by atoms with van der Waals surface area (Å²) in [5.74, 6) is 0.997. The smallest absolute Gasteiger partial charge is 0.146 e. The predicted octanol–water partition coefficient (Wildman–Crippen LogP) is 3.63. The van der Waals surface area contributed by atoms with Crippen molar-refractivity contribution in [2.45, 2.75) is 32.0 Å². The maximum absolute atomic E-state index is 14.6. The molecule has 3 aromatic rings. The number of aromatic nitrogens is 2. The van der Waals surface area contributed by atoms with Crippen LogP contribution in [0.15, 0.2) is 54.7 Å². The Morgan fingerprint density at radius 2 is 1.93 bits per heavy atom. The molecule has 1 fully saturated rings. The van der Waals surface area contributed by atoms with E-state index in [1.807, 2.05) is 30.3 Å². The Kier molecular flexibility index (Phi) is 5.51. The zero-order valence-electron chi connectivity index (χ0n) is 17.1. The van der Waals surface area contributed by atoms with Crippen molar-refractivity contribution < 1.29 is 9.13 Å². The normalized spacial score (nSPS) is 19.0. The molecule has 2 aliphatic rings. The summed E-state index contributed by atoms with van der Waals surface area (Å²) < 4.78 is 22.3. The average Bonchev–Trinajstić information content (AvgIpc) is 3.22. The minimum absolute atomic E-state index is 0.149. The van der Waals surface area contributed by atoms with E-state index < -0.39 is 0 Å². The molecular formula is C24H27FN4O. The molecule has 0 saturated carbocycles. The Morgan fingerprint density at radius 3 is 2.73 bits per heavy atom. The summed E-state index contributed by atoms with van der Waals surface area (Å²) >= 11 is 0. The fraction of sp³-hybridized carbons (Fsp3) is 0.375. The maximum Gasteiger partial charge on any atom is 0.146 e. The SMILES string of the molecule is Fc1cc(CNC2CCc3nc(-c4ccccc4)cn3C2)ccc1N1CCOCC1. The Balaban J connectivity index is 1.21. The summed E-state index contributed by atoms with van der Waals surface area (Å²) in [6, 6.07) is 16.3. The second-order valence-corrected chi connectivity index (χ2v) is 8.06. The van der Waals surface area contributed by atoms with Crippen molar-refractivity contribution in [3.05, 3.63) is 71.9 Å². The van der Waals surface area contributed by atoms with Gasteiger partial charge in [0, 0.05) is 50.4 Å². The fourth-order valence-corrected chi connectivity index (χ4v) is 4.34. The van der Waals surface area contributed by atoms with E-state index in [4.69, 9.17) is 9.72 Å². The van der Waals surface area contributed by atoms with Crippen LogP contribution in [0, 0.1) is 5.82 Å². The van der Waals surface area contributed by atoms with Crippen LogP contribution in [0.25, 0.3) is 11.3 Å². The van der Waals surface area contributed by atoms with Gasteiger partial charge in [-0.05, 0) is 24.1 Å². The second-order valence-electron chi connectivity index (χ2n) is 8.06. The van der Waals surface area contributed by atoms with E-state index in [1.165, 1.54) is 0 Å². The van der Waals surface area contributed by atoms with E-state index in [0.717, 1.165) is 55.1 Å². The van der Waals surface area contributed by atoms with Crippen LogP contribution < -0.4 is 10.2 Å². The first kappa shape index (κ1) is 19.3. The quantitative estimate of drug-likeness (QED) is 0.703. The van der Waals surface area contributed by atoms with Crippen molar-refractivity contribution >= 4 is 5.69 Å². The van der Waals surface area contributed by atoms with Crippen molar-refractivity contribution in [3.63, 3.8) is 0 Å². The summed E-state index contributed by atoms with van der Waals surface area (Å²) in [6.07, 6.45) is 4.14. The number of anilines is 1. The Morgan fingerprint density at radius 1 is 1.10 bits per heavy atom. The molecule has 2 aliphatic heterocycles. The lowest BCUT2D eigenvalue weighted by atomic mass is 10.1. The predicted molar refractivity (Wildman–Crippen MR) is 116 cm³/mol. The molecule has 5 rings (SSSR count). The Hall–Kier alpha value is -2.70. The van der Waals surface area contributed by atoms with Gasteiger partial charge in [0.25, 0.3) is 0 Å². The van der Waals surface area contributed by atoms with Crippen LogP contribution in [0.2, 0.25) is 0 Å². The summed E-state index contributed by atoms with van der Waals surface area (Å²) in [7, 11) is 0. The van der Waals surface area contributed by atoms with Crippen LogP contribution in [-0.4, -0.2) is 41.9 Å². The molecular weight excluding hydrogens is 379 g/mol. The van der Waals surface area contributed by atoms with E-state index in [1.54, 1.807) is 6.07 Å². The molecule has 1 unspecified atom stereocenters. The number of hydrogen-bond acceptors (Lipinski definition) is 4. The van der Waals surface area contributed by atoms with Gasteiger partial charge in [-0.1, -0.05) is 36.4 Å². The van der Waals surface area contributed by atoms with E-state index in [9.17, 15) is 4.39 Å². The molecule has 0 aliphatic carbocycles. The highest BCUT2D eigenvalue weighted by atomic mass is 19.1. The molecule has 0 bridgehead atoms. The van der Waals surface area contributed by atoms with Crippen molar-refractivity contribution in [2.24, 2.45) is 0 Å². The standard InChI is InChI=1S/C24H27FN4O/c25-21-14-18(6-8-23(21)28-10-12-30-13-11-28)15-26-20-7-9-24-27-22(17-29(24)16-20)19-4-2-1-3-5-19/h1-6,8,14,17,20,26H,7,9-13,15-16H2. The van der Waals surface area contributed by atoms with Gasteiger partial charge in [-0.2, -0.15) is 0 Å². The summed E-state index contributed by atoms with van der Waals surface area (Å²) in [5.41, 5.74) is 3.84. The van der Waals surface area contributed by atoms with Crippen LogP contribution in [0.1, 0.15) is 17.8 Å². The largest absolute Gasteiger partial charge is 0.378 e. The zero-order valence-corrected chi connectivity index (χ0v) is 17.1. The van der Waals surface area contributed by atoms with Crippen molar-refractivity contribution in [1.29, 1.82) is 0 Å². The van der Waals surface area contributed by atoms with Crippen LogP contribution in [0.5, 0.6) is 0 Å². The lowest BCUT2D eigenvalue weighted by molar-refractivity contribution is 0.122. The molecule has 3 heterocycles. The fourth-order valence-electron chi connectivity index (χ4n) is 4.34. The molecule has 5 nitrogen and oxygen atoms in total. The number of halogens is 1. The number of fused-ring (bicyclic) bond motifs is 1. The Labute approximate surface area is 176 Å². The monoisotopic (exact) mass is 406 g/mol. The van der Waals surface area contributed by atoms with Crippen LogP contribution in [0.4, 0.5) is 10.1 Å². The minimum Gasteiger partial charge on any atom is -0.378 e. The van der Waals surface area contributed by atoms with Crippen LogP contribution >= 0.6 is 0 Å². The molecule has 156 valence electrons. The van der Waals surface area contributed by atoms with Gasteiger partial charge in [-0.25, -0.2) is 9.37 Å². The highest BCUT2D eigenvalue weighted by molar-refractivity contribution is 5.58. The highest BCUT2D eigenvalue weighted by Gasteiger charge is 2.21. The molecule has 2 aromatic carbocycles. The number of nitrogens with zero attached hydrogens (tertiary/aromatic N) is 3. The summed E-state index contributed by atoms with van der Waals surface area (Å²) in [5, 5.41) is 3.61. The molecule has 1 aromatic heterocycles. The topological polar surface area (TPSA) is 42.3 Å². The third-order valence-electron chi connectivity index (χ3n) is 6.02. The number of rotatable bonds is 5. The van der Waals surface area contributed by atoms with Crippen LogP contribution in [0.3, 0.4) is 0 Å². The number of morpholine rings is 1. The van der Waals surface area contributed by atoms with E-state index in [0.29, 0.717) is 31.5 Å². The van der Waals surface area contributed by atoms with Gasteiger partial charge in [0.1, 0.15) is 11.6 Å². The van der Waals surface area contributed by atoms with Gasteiger partial charge in [-0.3, -0.25) is 0 Å². The molecule has 1 atom stereocenters. The minimum atomic E-state index is -0.149. The highest BCUT2D eigenvalue weighted by Crippen LogP contribution is 2.24. The van der Waals surface area contributed by atoms with Crippen molar-refractivity contribution in [3.8, 4) is 11.3 Å². The van der Waals surface area contributed by atoms with E-state index in [2.05, 4.69) is 33.1 Å². The van der Waals surface area contributed by atoms with E-state index in [-0.39, 0.29) is 5.82 Å². The molecule has 1 saturated heterocycles.